The van der Waals surface area contributed by atoms with Gasteiger partial charge in [0.15, 0.2) is 11.6 Å². The number of thioether (sulfide) groups is 1. The van der Waals surface area contributed by atoms with Crippen molar-refractivity contribution in [2.24, 2.45) is 0 Å². The molecular formula is C13H14F2N2O3S. The molecule has 5 nitrogen and oxygen atoms in total. The average Bonchev–Trinajstić information content (AvgIpc) is 2.58. The molecule has 1 fully saturated rings. The van der Waals surface area contributed by atoms with Gasteiger partial charge in [-0.2, -0.15) is 11.8 Å². The molecule has 2 N–H and O–H groups in total. The summed E-state index contributed by atoms with van der Waals surface area (Å²) in [6.45, 7) is 0.550. The molecule has 0 aromatic heterocycles. The summed E-state index contributed by atoms with van der Waals surface area (Å²) in [6.07, 6.45) is -1.26. The van der Waals surface area contributed by atoms with Gasteiger partial charge in [0.1, 0.15) is 6.04 Å². The molecule has 0 bridgehead atoms. The van der Waals surface area contributed by atoms with Gasteiger partial charge in [-0.15, -0.1) is 0 Å². The topological polar surface area (TPSA) is 69.6 Å². The lowest BCUT2D eigenvalue weighted by atomic mass is 10.2. The van der Waals surface area contributed by atoms with Crippen molar-refractivity contribution in [3.05, 3.63) is 35.4 Å². The molecule has 1 saturated heterocycles. The number of nitrogens with one attached hydrogen (secondary N) is 1. The minimum Gasteiger partial charge on any atom is -0.465 e. The molecule has 0 saturated carbocycles. The Morgan fingerprint density at radius 3 is 2.86 bits per heavy atom. The largest absolute Gasteiger partial charge is 0.465 e. The highest BCUT2D eigenvalue weighted by molar-refractivity contribution is 7.99. The van der Waals surface area contributed by atoms with Crippen molar-refractivity contribution in [2.45, 2.75) is 12.6 Å². The molecule has 1 aliphatic rings. The summed E-state index contributed by atoms with van der Waals surface area (Å²) in [5.74, 6) is -1.24. The first-order valence-electron chi connectivity index (χ1n) is 6.27. The zero-order valence-electron chi connectivity index (χ0n) is 11.0. The summed E-state index contributed by atoms with van der Waals surface area (Å²) < 4.78 is 26.1. The molecular weight excluding hydrogens is 302 g/mol. The SMILES string of the molecule is O=C(O)NC1CSCCN(Cc2ccc(F)c(F)c2)C1=O. The van der Waals surface area contributed by atoms with E-state index in [-0.39, 0.29) is 12.5 Å². The Hall–Kier alpha value is -1.83. The Balaban J connectivity index is 2.11. The molecule has 0 radical (unpaired) electrons. The van der Waals surface area contributed by atoms with Gasteiger partial charge < -0.3 is 15.3 Å². The molecule has 1 atom stereocenters. The number of hydrogen-bond donors (Lipinski definition) is 2. The molecule has 21 heavy (non-hydrogen) atoms. The Kier molecular flexibility index (Phi) is 5.00. The van der Waals surface area contributed by atoms with Gasteiger partial charge in [-0.1, -0.05) is 6.07 Å². The van der Waals surface area contributed by atoms with Crippen molar-refractivity contribution >= 4 is 23.8 Å². The van der Waals surface area contributed by atoms with Crippen LogP contribution < -0.4 is 5.32 Å². The normalized spacial score (nSPS) is 19.2. The van der Waals surface area contributed by atoms with E-state index in [0.717, 1.165) is 12.1 Å². The molecule has 0 spiro atoms. The second-order valence-corrected chi connectivity index (χ2v) is 5.74. The summed E-state index contributed by atoms with van der Waals surface area (Å²) in [6, 6.07) is 2.64. The third-order valence-electron chi connectivity index (χ3n) is 3.05. The summed E-state index contributed by atoms with van der Waals surface area (Å²) in [5, 5.41) is 10.9. The van der Waals surface area contributed by atoms with Crippen molar-refractivity contribution in [2.75, 3.05) is 18.1 Å². The molecule has 1 heterocycles. The highest BCUT2D eigenvalue weighted by Crippen LogP contribution is 2.16. The summed E-state index contributed by atoms with van der Waals surface area (Å²) in [4.78, 5) is 24.4. The van der Waals surface area contributed by atoms with Crippen LogP contribution in [-0.4, -0.2) is 46.1 Å². The predicted octanol–water partition coefficient (Wildman–Crippen LogP) is 1.68. The maximum Gasteiger partial charge on any atom is 0.405 e. The number of carbonyl (C=O) groups excluding carboxylic acids is 1. The van der Waals surface area contributed by atoms with Crippen LogP contribution in [0.3, 0.4) is 0 Å². The van der Waals surface area contributed by atoms with Crippen molar-refractivity contribution in [1.29, 1.82) is 0 Å². The van der Waals surface area contributed by atoms with Gasteiger partial charge in [0, 0.05) is 24.6 Å². The molecule has 1 aromatic rings. The van der Waals surface area contributed by atoms with Crippen molar-refractivity contribution in [3.63, 3.8) is 0 Å². The first kappa shape index (κ1) is 15.6. The second-order valence-electron chi connectivity index (χ2n) is 4.59. The van der Waals surface area contributed by atoms with E-state index in [1.165, 1.54) is 22.7 Å². The first-order chi connectivity index (χ1) is 9.97. The van der Waals surface area contributed by atoms with Crippen LogP contribution in [0, 0.1) is 11.6 Å². The standard InChI is InChI=1S/C13H14F2N2O3S/c14-9-2-1-8(5-10(9)15)6-17-3-4-21-7-11(12(17)18)16-13(19)20/h1-2,5,11,16H,3-4,6-7H2,(H,19,20). The molecule has 8 heteroatoms. The zero-order chi connectivity index (χ0) is 15.4. The van der Waals surface area contributed by atoms with E-state index in [1.807, 2.05) is 0 Å². The lowest BCUT2D eigenvalue weighted by molar-refractivity contribution is -0.132. The van der Waals surface area contributed by atoms with Crippen LogP contribution in [0.4, 0.5) is 13.6 Å². The third-order valence-corrected chi connectivity index (χ3v) is 4.10. The summed E-state index contributed by atoms with van der Waals surface area (Å²) in [7, 11) is 0. The van der Waals surface area contributed by atoms with Gasteiger partial charge in [0.2, 0.25) is 5.91 Å². The van der Waals surface area contributed by atoms with E-state index >= 15 is 0 Å². The van der Waals surface area contributed by atoms with E-state index in [4.69, 9.17) is 5.11 Å². The number of carboxylic acid groups (broad SMARTS) is 1. The molecule has 0 aliphatic carbocycles. The van der Waals surface area contributed by atoms with Gasteiger partial charge in [0.25, 0.3) is 0 Å². The van der Waals surface area contributed by atoms with Crippen LogP contribution in [-0.2, 0) is 11.3 Å². The van der Waals surface area contributed by atoms with Crippen LogP contribution in [0.15, 0.2) is 18.2 Å². The highest BCUT2D eigenvalue weighted by Gasteiger charge is 2.28. The molecule has 1 aromatic carbocycles. The number of rotatable bonds is 3. The molecule has 114 valence electrons. The van der Waals surface area contributed by atoms with Gasteiger partial charge in [-0.3, -0.25) is 4.79 Å². The van der Waals surface area contributed by atoms with Gasteiger partial charge >= 0.3 is 6.09 Å². The molecule has 2 rings (SSSR count). The molecule has 2 amide bonds. The maximum absolute atomic E-state index is 13.2. The number of nitrogens with zero attached hydrogens (tertiary/aromatic N) is 1. The van der Waals surface area contributed by atoms with Crippen molar-refractivity contribution in [3.8, 4) is 0 Å². The van der Waals surface area contributed by atoms with Crippen molar-refractivity contribution in [1.82, 2.24) is 10.2 Å². The van der Waals surface area contributed by atoms with E-state index in [1.54, 1.807) is 0 Å². The highest BCUT2D eigenvalue weighted by atomic mass is 32.2. The van der Waals surface area contributed by atoms with E-state index in [2.05, 4.69) is 5.32 Å². The van der Waals surface area contributed by atoms with Crippen LogP contribution in [0.25, 0.3) is 0 Å². The quantitative estimate of drug-likeness (QED) is 0.890. The number of amides is 2. The molecule has 1 aliphatic heterocycles. The number of benzene rings is 1. The van der Waals surface area contributed by atoms with Gasteiger partial charge in [-0.25, -0.2) is 13.6 Å². The Bertz CT molecular complexity index is 556. The van der Waals surface area contributed by atoms with Crippen molar-refractivity contribution < 1.29 is 23.5 Å². The van der Waals surface area contributed by atoms with Gasteiger partial charge in [0.05, 0.1) is 0 Å². The zero-order valence-corrected chi connectivity index (χ0v) is 11.8. The maximum atomic E-state index is 13.2. The minimum absolute atomic E-state index is 0.119. The molecule has 1 unspecified atom stereocenters. The number of carbonyl (C=O) groups is 2. The van der Waals surface area contributed by atoms with Crippen LogP contribution >= 0.6 is 11.8 Å². The monoisotopic (exact) mass is 316 g/mol. The Labute approximate surface area is 124 Å². The predicted molar refractivity (Wildman–Crippen MR) is 74.0 cm³/mol. The first-order valence-corrected chi connectivity index (χ1v) is 7.43. The average molecular weight is 316 g/mol. The van der Waals surface area contributed by atoms with Crippen LogP contribution in [0.5, 0.6) is 0 Å². The summed E-state index contributed by atoms with van der Waals surface area (Å²) in [5.41, 5.74) is 0.461. The Morgan fingerprint density at radius 2 is 2.19 bits per heavy atom. The Morgan fingerprint density at radius 1 is 1.43 bits per heavy atom. The van der Waals surface area contributed by atoms with E-state index in [0.29, 0.717) is 23.6 Å². The number of hydrogen-bond acceptors (Lipinski definition) is 3. The van der Waals surface area contributed by atoms with Gasteiger partial charge in [-0.05, 0) is 17.7 Å². The van der Waals surface area contributed by atoms with E-state index in [9.17, 15) is 18.4 Å². The lowest BCUT2D eigenvalue weighted by Gasteiger charge is -2.24. The van der Waals surface area contributed by atoms with Crippen LogP contribution in [0.1, 0.15) is 5.56 Å². The smallest absolute Gasteiger partial charge is 0.405 e. The third kappa shape index (κ3) is 4.07. The summed E-state index contributed by atoms with van der Waals surface area (Å²) >= 11 is 1.47. The minimum atomic E-state index is -1.26. The lowest BCUT2D eigenvalue weighted by Crippen LogP contribution is -2.48. The fourth-order valence-corrected chi connectivity index (χ4v) is 3.02. The fourth-order valence-electron chi connectivity index (χ4n) is 2.05. The second kappa shape index (κ2) is 6.75. The number of halogens is 2. The van der Waals surface area contributed by atoms with Crippen LogP contribution in [0.2, 0.25) is 0 Å². The fraction of sp³-hybridized carbons (Fsp3) is 0.385. The van der Waals surface area contributed by atoms with E-state index < -0.39 is 23.8 Å².